The van der Waals surface area contributed by atoms with Gasteiger partial charge in [0.2, 0.25) is 0 Å². The van der Waals surface area contributed by atoms with Crippen molar-refractivity contribution < 1.29 is 4.92 Å². The summed E-state index contributed by atoms with van der Waals surface area (Å²) in [6, 6.07) is 10.1. The van der Waals surface area contributed by atoms with Gasteiger partial charge in [0.05, 0.1) is 20.1 Å². The van der Waals surface area contributed by atoms with Crippen LogP contribution in [0.3, 0.4) is 0 Å². The van der Waals surface area contributed by atoms with Crippen LogP contribution in [0.15, 0.2) is 40.9 Å². The van der Waals surface area contributed by atoms with Gasteiger partial charge in [0, 0.05) is 17.6 Å². The van der Waals surface area contributed by atoms with Crippen LogP contribution in [-0.2, 0) is 6.54 Å². The van der Waals surface area contributed by atoms with Gasteiger partial charge in [0.15, 0.2) is 0 Å². The van der Waals surface area contributed by atoms with Crippen LogP contribution in [0.25, 0.3) is 0 Å². The fraction of sp³-hybridized carbons (Fsp3) is 0.0769. The Kier molecular flexibility index (Phi) is 4.86. The molecule has 4 nitrogen and oxygen atoms in total. The van der Waals surface area contributed by atoms with Crippen molar-refractivity contribution in [3.05, 3.63) is 66.6 Å². The molecule has 0 aliphatic rings. The van der Waals surface area contributed by atoms with Crippen molar-refractivity contribution in [1.82, 2.24) is 0 Å². The Labute approximate surface area is 134 Å². The summed E-state index contributed by atoms with van der Waals surface area (Å²) in [6.45, 7) is 0.426. The Morgan fingerprint density at radius 3 is 2.60 bits per heavy atom. The van der Waals surface area contributed by atoms with Crippen molar-refractivity contribution in [3.63, 3.8) is 0 Å². The third-order valence-electron chi connectivity index (χ3n) is 2.62. The van der Waals surface area contributed by atoms with Crippen molar-refractivity contribution in [2.24, 2.45) is 0 Å². The fourth-order valence-corrected chi connectivity index (χ4v) is 2.50. The molecular weight excluding hydrogens is 367 g/mol. The van der Waals surface area contributed by atoms with E-state index in [-0.39, 0.29) is 5.69 Å². The second-order valence-corrected chi connectivity index (χ2v) is 5.72. The van der Waals surface area contributed by atoms with Crippen molar-refractivity contribution in [3.8, 4) is 0 Å². The molecule has 104 valence electrons. The summed E-state index contributed by atoms with van der Waals surface area (Å²) < 4.78 is 0.454. The molecule has 0 fully saturated rings. The topological polar surface area (TPSA) is 55.2 Å². The van der Waals surface area contributed by atoms with Crippen LogP contribution in [-0.4, -0.2) is 4.92 Å². The number of nitro groups is 1. The number of benzene rings is 2. The van der Waals surface area contributed by atoms with E-state index in [9.17, 15) is 10.1 Å². The van der Waals surface area contributed by atoms with Gasteiger partial charge in [-0.15, -0.1) is 0 Å². The molecule has 0 saturated carbocycles. The minimum Gasteiger partial charge on any atom is -0.380 e. The Balaban J connectivity index is 2.15. The van der Waals surface area contributed by atoms with E-state index in [0.29, 0.717) is 21.1 Å². The van der Waals surface area contributed by atoms with E-state index in [1.54, 1.807) is 30.3 Å². The number of nitrogens with zero attached hydrogens (tertiary/aromatic N) is 1. The Hall–Kier alpha value is -1.30. The molecular formula is C13H9BrCl2N2O2. The average molecular weight is 376 g/mol. The molecule has 2 aromatic carbocycles. The van der Waals surface area contributed by atoms with Crippen molar-refractivity contribution >= 4 is 50.5 Å². The molecule has 0 spiro atoms. The highest BCUT2D eigenvalue weighted by molar-refractivity contribution is 9.10. The lowest BCUT2D eigenvalue weighted by atomic mass is 10.2. The predicted molar refractivity (Wildman–Crippen MR) is 84.6 cm³/mol. The molecule has 2 rings (SSSR count). The number of rotatable bonds is 4. The molecule has 0 heterocycles. The van der Waals surface area contributed by atoms with Gasteiger partial charge in [-0.3, -0.25) is 10.1 Å². The van der Waals surface area contributed by atoms with Crippen LogP contribution >= 0.6 is 39.1 Å². The summed E-state index contributed by atoms with van der Waals surface area (Å²) >= 11 is 15.0. The average Bonchev–Trinajstić information content (AvgIpc) is 2.39. The maximum absolute atomic E-state index is 10.9. The van der Waals surface area contributed by atoms with E-state index in [1.807, 2.05) is 0 Å². The molecule has 20 heavy (non-hydrogen) atoms. The van der Waals surface area contributed by atoms with Crippen LogP contribution in [0.1, 0.15) is 5.56 Å². The summed E-state index contributed by atoms with van der Waals surface area (Å²) in [6.07, 6.45) is 0. The molecule has 0 aliphatic heterocycles. The maximum Gasteiger partial charge on any atom is 0.283 e. The molecule has 0 amide bonds. The van der Waals surface area contributed by atoms with Crippen LogP contribution in [0.4, 0.5) is 11.4 Å². The fourth-order valence-electron chi connectivity index (χ4n) is 1.64. The van der Waals surface area contributed by atoms with Gasteiger partial charge in [-0.1, -0.05) is 29.3 Å². The predicted octanol–water partition coefficient (Wildman–Crippen LogP) is 5.28. The SMILES string of the molecule is O=[N+]([O-])c1cc(CNc2ccc(Cl)cc2Cl)ccc1Br. The number of anilines is 1. The highest BCUT2D eigenvalue weighted by atomic mass is 79.9. The summed E-state index contributed by atoms with van der Waals surface area (Å²) in [4.78, 5) is 10.4. The molecule has 0 radical (unpaired) electrons. The van der Waals surface area contributed by atoms with Crippen LogP contribution in [0.2, 0.25) is 10.0 Å². The van der Waals surface area contributed by atoms with Gasteiger partial charge < -0.3 is 5.32 Å². The lowest BCUT2D eigenvalue weighted by molar-refractivity contribution is -0.385. The maximum atomic E-state index is 10.9. The molecule has 0 unspecified atom stereocenters. The first kappa shape index (κ1) is 15.1. The standard InChI is InChI=1S/C13H9BrCl2N2O2/c14-10-3-1-8(5-13(10)18(19)20)7-17-12-4-2-9(15)6-11(12)16/h1-6,17H,7H2. The largest absolute Gasteiger partial charge is 0.380 e. The molecule has 0 saturated heterocycles. The molecule has 0 bridgehead atoms. The number of hydrogen-bond acceptors (Lipinski definition) is 3. The van der Waals surface area contributed by atoms with E-state index >= 15 is 0 Å². The zero-order chi connectivity index (χ0) is 14.7. The van der Waals surface area contributed by atoms with E-state index in [2.05, 4.69) is 21.2 Å². The third kappa shape index (κ3) is 3.62. The zero-order valence-corrected chi connectivity index (χ0v) is 13.2. The molecule has 0 atom stereocenters. The Morgan fingerprint density at radius 1 is 1.20 bits per heavy atom. The van der Waals surface area contributed by atoms with Gasteiger partial charge in [-0.05, 0) is 45.8 Å². The quantitative estimate of drug-likeness (QED) is 0.584. The summed E-state index contributed by atoms with van der Waals surface area (Å²) in [5.41, 5.74) is 1.54. The summed E-state index contributed by atoms with van der Waals surface area (Å²) in [5.74, 6) is 0. The van der Waals surface area contributed by atoms with Gasteiger partial charge in [0.1, 0.15) is 0 Å². The molecule has 7 heteroatoms. The van der Waals surface area contributed by atoms with Crippen molar-refractivity contribution in [2.45, 2.75) is 6.54 Å². The molecule has 0 aromatic heterocycles. The number of hydrogen-bond donors (Lipinski definition) is 1. The Bertz CT molecular complexity index is 665. The second-order valence-electron chi connectivity index (χ2n) is 4.02. The first-order chi connectivity index (χ1) is 9.47. The van der Waals surface area contributed by atoms with E-state index in [4.69, 9.17) is 23.2 Å². The van der Waals surface area contributed by atoms with E-state index < -0.39 is 4.92 Å². The Morgan fingerprint density at radius 2 is 1.95 bits per heavy atom. The first-order valence-corrected chi connectivity index (χ1v) is 7.14. The number of halogens is 3. The number of nitro benzene ring substituents is 1. The summed E-state index contributed by atoms with van der Waals surface area (Å²) in [5, 5.41) is 15.0. The molecule has 2 aromatic rings. The van der Waals surface area contributed by atoms with Gasteiger partial charge >= 0.3 is 0 Å². The summed E-state index contributed by atoms with van der Waals surface area (Å²) in [7, 11) is 0. The number of nitrogens with one attached hydrogen (secondary N) is 1. The highest BCUT2D eigenvalue weighted by Gasteiger charge is 2.12. The van der Waals surface area contributed by atoms with Crippen molar-refractivity contribution in [1.29, 1.82) is 0 Å². The van der Waals surface area contributed by atoms with Gasteiger partial charge in [-0.2, -0.15) is 0 Å². The van der Waals surface area contributed by atoms with E-state index in [1.165, 1.54) is 6.07 Å². The van der Waals surface area contributed by atoms with E-state index in [0.717, 1.165) is 11.3 Å². The smallest absolute Gasteiger partial charge is 0.283 e. The lowest BCUT2D eigenvalue weighted by Crippen LogP contribution is -2.01. The van der Waals surface area contributed by atoms with Crippen LogP contribution < -0.4 is 5.32 Å². The highest BCUT2D eigenvalue weighted by Crippen LogP contribution is 2.28. The lowest BCUT2D eigenvalue weighted by Gasteiger charge is -2.09. The minimum absolute atomic E-state index is 0.0338. The van der Waals surface area contributed by atoms with Crippen molar-refractivity contribution in [2.75, 3.05) is 5.32 Å². The van der Waals surface area contributed by atoms with Crippen LogP contribution in [0, 0.1) is 10.1 Å². The third-order valence-corrected chi connectivity index (χ3v) is 3.84. The molecule has 1 N–H and O–H groups in total. The first-order valence-electron chi connectivity index (χ1n) is 5.59. The minimum atomic E-state index is -0.428. The normalized spacial score (nSPS) is 10.3. The zero-order valence-electron chi connectivity index (χ0n) is 10.1. The molecule has 0 aliphatic carbocycles. The van der Waals surface area contributed by atoms with Gasteiger partial charge in [-0.25, -0.2) is 0 Å². The monoisotopic (exact) mass is 374 g/mol. The van der Waals surface area contributed by atoms with Crippen LogP contribution in [0.5, 0.6) is 0 Å². The van der Waals surface area contributed by atoms with Gasteiger partial charge in [0.25, 0.3) is 5.69 Å². The second kappa shape index (κ2) is 6.43.